The minimum Gasteiger partial charge on any atom is -0.355 e. The molecule has 176 valence electrons. The minimum atomic E-state index is -0.270. The SMILES string of the molecule is CCCCC(=O)NCC(C)(CCC)NCC(=O)NCCCSSc1ccc(CC)cc1. The van der Waals surface area contributed by atoms with Crippen molar-refractivity contribution in [3.63, 3.8) is 0 Å². The van der Waals surface area contributed by atoms with E-state index in [1.807, 2.05) is 10.8 Å². The number of unbranched alkanes of at least 4 members (excludes halogenated alkanes) is 1. The molecule has 1 atom stereocenters. The molecular weight excluding hydrogens is 426 g/mol. The molecule has 0 heterocycles. The van der Waals surface area contributed by atoms with Crippen molar-refractivity contribution in [1.82, 2.24) is 16.0 Å². The average Bonchev–Trinajstić information content (AvgIpc) is 2.78. The smallest absolute Gasteiger partial charge is 0.233 e. The molecule has 0 bridgehead atoms. The molecule has 0 saturated carbocycles. The molecule has 2 amide bonds. The second kappa shape index (κ2) is 16.5. The van der Waals surface area contributed by atoms with Crippen LogP contribution in [0.2, 0.25) is 0 Å². The maximum absolute atomic E-state index is 12.2. The van der Waals surface area contributed by atoms with E-state index >= 15 is 0 Å². The monoisotopic (exact) mass is 467 g/mol. The predicted octanol–water partition coefficient (Wildman–Crippen LogP) is 4.95. The molecule has 3 N–H and O–H groups in total. The van der Waals surface area contributed by atoms with Crippen LogP contribution >= 0.6 is 21.6 Å². The van der Waals surface area contributed by atoms with Crippen LogP contribution in [0.5, 0.6) is 0 Å². The molecule has 0 fully saturated rings. The highest BCUT2D eigenvalue weighted by molar-refractivity contribution is 8.76. The Hall–Kier alpha value is -1.18. The van der Waals surface area contributed by atoms with Crippen LogP contribution in [0.4, 0.5) is 0 Å². The van der Waals surface area contributed by atoms with Gasteiger partial charge in [-0.15, -0.1) is 0 Å². The Kier molecular flexibility index (Phi) is 14.8. The van der Waals surface area contributed by atoms with Crippen molar-refractivity contribution in [2.75, 3.05) is 25.4 Å². The fourth-order valence-corrected chi connectivity index (χ4v) is 5.19. The van der Waals surface area contributed by atoms with Gasteiger partial charge in [0.05, 0.1) is 6.54 Å². The van der Waals surface area contributed by atoms with Gasteiger partial charge < -0.3 is 16.0 Å². The highest BCUT2D eigenvalue weighted by atomic mass is 33.1. The van der Waals surface area contributed by atoms with E-state index in [0.717, 1.165) is 44.3 Å². The third-order valence-corrected chi connectivity index (χ3v) is 7.59. The molecule has 31 heavy (non-hydrogen) atoms. The van der Waals surface area contributed by atoms with Crippen LogP contribution in [0.15, 0.2) is 29.2 Å². The Morgan fingerprint density at radius 2 is 1.71 bits per heavy atom. The fraction of sp³-hybridized carbons (Fsp3) is 0.667. The molecule has 0 aromatic heterocycles. The number of amides is 2. The van der Waals surface area contributed by atoms with Gasteiger partial charge in [-0.3, -0.25) is 9.59 Å². The number of aryl methyl sites for hydroxylation is 1. The number of carbonyl (C=O) groups is 2. The molecule has 5 nitrogen and oxygen atoms in total. The zero-order chi connectivity index (χ0) is 23.0. The summed E-state index contributed by atoms with van der Waals surface area (Å²) < 4.78 is 0. The third kappa shape index (κ3) is 13.1. The van der Waals surface area contributed by atoms with E-state index in [4.69, 9.17) is 0 Å². The summed E-state index contributed by atoms with van der Waals surface area (Å²) in [5.41, 5.74) is 1.09. The van der Waals surface area contributed by atoms with Gasteiger partial charge in [0.2, 0.25) is 11.8 Å². The van der Waals surface area contributed by atoms with Crippen LogP contribution < -0.4 is 16.0 Å². The average molecular weight is 468 g/mol. The van der Waals surface area contributed by atoms with Gasteiger partial charge in [0.25, 0.3) is 0 Å². The zero-order valence-corrected chi connectivity index (χ0v) is 21.4. The third-order valence-electron chi connectivity index (χ3n) is 5.12. The first-order valence-corrected chi connectivity index (χ1v) is 13.9. The molecular formula is C24H41N3O2S2. The summed E-state index contributed by atoms with van der Waals surface area (Å²) in [6, 6.07) is 8.70. The number of benzene rings is 1. The van der Waals surface area contributed by atoms with Gasteiger partial charge in [-0.1, -0.05) is 67.3 Å². The first kappa shape index (κ1) is 27.9. The van der Waals surface area contributed by atoms with Gasteiger partial charge in [-0.25, -0.2) is 0 Å². The number of hydrogen-bond donors (Lipinski definition) is 3. The van der Waals surface area contributed by atoms with Crippen molar-refractivity contribution in [2.45, 2.75) is 83.1 Å². The molecule has 0 saturated heterocycles. The lowest BCUT2D eigenvalue weighted by Crippen LogP contribution is -2.54. The predicted molar refractivity (Wildman–Crippen MR) is 136 cm³/mol. The van der Waals surface area contributed by atoms with Crippen molar-refractivity contribution in [1.29, 1.82) is 0 Å². The quantitative estimate of drug-likeness (QED) is 0.223. The summed E-state index contributed by atoms with van der Waals surface area (Å²) in [5.74, 6) is 1.09. The second-order valence-corrected chi connectivity index (χ2v) is 10.6. The minimum absolute atomic E-state index is 0.00689. The van der Waals surface area contributed by atoms with Gasteiger partial charge in [0.15, 0.2) is 0 Å². The standard InChI is InChI=1S/C24H41N3O2S2/c1-5-8-10-22(28)26-19-24(4,15-6-2)27-18-23(29)25-16-9-17-30-31-21-13-11-20(7-3)12-14-21/h11-14,27H,5-10,15-19H2,1-4H3,(H,25,29)(H,26,28). The summed E-state index contributed by atoms with van der Waals surface area (Å²) in [6.07, 6.45) is 6.40. The normalized spacial score (nSPS) is 12.9. The molecule has 1 rings (SSSR count). The van der Waals surface area contributed by atoms with Gasteiger partial charge in [0, 0.05) is 35.7 Å². The zero-order valence-electron chi connectivity index (χ0n) is 19.7. The van der Waals surface area contributed by atoms with Gasteiger partial charge >= 0.3 is 0 Å². The van der Waals surface area contributed by atoms with E-state index in [0.29, 0.717) is 19.5 Å². The lowest BCUT2D eigenvalue weighted by atomic mass is 9.95. The molecule has 7 heteroatoms. The van der Waals surface area contributed by atoms with Gasteiger partial charge in [0.1, 0.15) is 0 Å². The van der Waals surface area contributed by atoms with E-state index in [1.54, 1.807) is 10.8 Å². The highest BCUT2D eigenvalue weighted by Crippen LogP contribution is 2.31. The highest BCUT2D eigenvalue weighted by Gasteiger charge is 2.24. The van der Waals surface area contributed by atoms with Crippen molar-refractivity contribution in [3.8, 4) is 0 Å². The summed E-state index contributed by atoms with van der Waals surface area (Å²) in [6.45, 7) is 9.93. The number of hydrogen-bond acceptors (Lipinski definition) is 5. The first-order chi connectivity index (χ1) is 14.9. The number of carbonyl (C=O) groups excluding carboxylic acids is 2. The van der Waals surface area contributed by atoms with Crippen LogP contribution in [0.3, 0.4) is 0 Å². The van der Waals surface area contributed by atoms with E-state index in [1.165, 1.54) is 10.5 Å². The lowest BCUT2D eigenvalue weighted by molar-refractivity contribution is -0.121. The Labute approximate surface area is 197 Å². The lowest BCUT2D eigenvalue weighted by Gasteiger charge is -2.31. The first-order valence-electron chi connectivity index (χ1n) is 11.6. The van der Waals surface area contributed by atoms with Crippen molar-refractivity contribution < 1.29 is 9.59 Å². The van der Waals surface area contributed by atoms with E-state index in [-0.39, 0.29) is 23.9 Å². The Morgan fingerprint density at radius 3 is 2.35 bits per heavy atom. The number of rotatable bonds is 17. The van der Waals surface area contributed by atoms with Crippen LogP contribution in [-0.2, 0) is 16.0 Å². The van der Waals surface area contributed by atoms with E-state index < -0.39 is 0 Å². The van der Waals surface area contributed by atoms with Crippen LogP contribution in [0.1, 0.15) is 71.8 Å². The van der Waals surface area contributed by atoms with E-state index in [2.05, 4.69) is 67.9 Å². The molecule has 0 aliphatic carbocycles. The van der Waals surface area contributed by atoms with Crippen molar-refractivity contribution in [2.24, 2.45) is 0 Å². The summed E-state index contributed by atoms with van der Waals surface area (Å²) in [5, 5.41) is 9.36. The second-order valence-electron chi connectivity index (χ2n) is 8.15. The topological polar surface area (TPSA) is 70.2 Å². The largest absolute Gasteiger partial charge is 0.355 e. The van der Waals surface area contributed by atoms with E-state index in [9.17, 15) is 9.59 Å². The molecule has 1 aromatic carbocycles. The summed E-state index contributed by atoms with van der Waals surface area (Å²) >= 11 is 0. The van der Waals surface area contributed by atoms with Crippen LogP contribution in [-0.4, -0.2) is 42.7 Å². The molecule has 0 radical (unpaired) electrons. The molecule has 0 aliphatic heterocycles. The maximum atomic E-state index is 12.2. The molecule has 0 aliphatic rings. The Morgan fingerprint density at radius 1 is 0.968 bits per heavy atom. The summed E-state index contributed by atoms with van der Waals surface area (Å²) in [4.78, 5) is 25.4. The van der Waals surface area contributed by atoms with Crippen molar-refractivity contribution >= 4 is 33.4 Å². The fourth-order valence-electron chi connectivity index (χ4n) is 3.12. The number of nitrogens with one attached hydrogen (secondary N) is 3. The maximum Gasteiger partial charge on any atom is 0.233 e. The Balaban J connectivity index is 2.20. The molecule has 0 spiro atoms. The molecule has 1 aromatic rings. The van der Waals surface area contributed by atoms with Crippen molar-refractivity contribution in [3.05, 3.63) is 29.8 Å². The van der Waals surface area contributed by atoms with Gasteiger partial charge in [-0.05, 0) is 50.3 Å². The van der Waals surface area contributed by atoms with Gasteiger partial charge in [-0.2, -0.15) is 0 Å². The summed E-state index contributed by atoms with van der Waals surface area (Å²) in [7, 11) is 3.61. The molecule has 1 unspecified atom stereocenters. The van der Waals surface area contributed by atoms with Crippen LogP contribution in [0, 0.1) is 0 Å². The Bertz CT molecular complexity index is 640. The van der Waals surface area contributed by atoms with Crippen LogP contribution in [0.25, 0.3) is 0 Å².